The van der Waals surface area contributed by atoms with Crippen LogP contribution in [0.4, 0.5) is 15.8 Å². The Kier molecular flexibility index (Phi) is 4.24. The lowest BCUT2D eigenvalue weighted by Crippen LogP contribution is -2.32. The van der Waals surface area contributed by atoms with Crippen LogP contribution >= 0.6 is 0 Å². The quantitative estimate of drug-likeness (QED) is 0.751. The summed E-state index contributed by atoms with van der Waals surface area (Å²) < 4.78 is 18.7. The second-order valence-corrected chi connectivity index (χ2v) is 6.32. The molecule has 136 valence electrons. The van der Waals surface area contributed by atoms with E-state index in [9.17, 15) is 9.18 Å². The Morgan fingerprint density at radius 2 is 1.93 bits per heavy atom. The van der Waals surface area contributed by atoms with Crippen molar-refractivity contribution < 1.29 is 13.9 Å². The second kappa shape index (κ2) is 6.72. The minimum atomic E-state index is -0.494. The fraction of sp³-hybridized carbons (Fsp3) is 0.143. The van der Waals surface area contributed by atoms with Crippen molar-refractivity contribution in [1.29, 1.82) is 0 Å². The lowest BCUT2D eigenvalue weighted by atomic mass is 10.1. The molecule has 0 spiro atoms. The second-order valence-electron chi connectivity index (χ2n) is 6.32. The van der Waals surface area contributed by atoms with Gasteiger partial charge in [0.25, 0.3) is 5.91 Å². The first kappa shape index (κ1) is 17.0. The van der Waals surface area contributed by atoms with Crippen molar-refractivity contribution >= 4 is 17.3 Å². The van der Waals surface area contributed by atoms with Crippen LogP contribution in [0.3, 0.4) is 0 Å². The molecule has 0 saturated carbocycles. The Morgan fingerprint density at radius 1 is 1.15 bits per heavy atom. The van der Waals surface area contributed by atoms with Crippen LogP contribution in [-0.4, -0.2) is 18.0 Å². The summed E-state index contributed by atoms with van der Waals surface area (Å²) >= 11 is 0. The van der Waals surface area contributed by atoms with Crippen molar-refractivity contribution in [3.63, 3.8) is 0 Å². The zero-order valence-corrected chi connectivity index (χ0v) is 14.9. The van der Waals surface area contributed by atoms with Crippen molar-refractivity contribution in [2.45, 2.75) is 13.1 Å². The van der Waals surface area contributed by atoms with Crippen LogP contribution in [0.1, 0.15) is 27.8 Å². The van der Waals surface area contributed by atoms with Gasteiger partial charge in [-0.1, -0.05) is 0 Å². The number of nitrogens with zero attached hydrogens (tertiary/aromatic N) is 2. The summed E-state index contributed by atoms with van der Waals surface area (Å²) in [5, 5.41) is 3.34. The van der Waals surface area contributed by atoms with E-state index in [1.54, 1.807) is 48.5 Å². The lowest BCUT2D eigenvalue weighted by molar-refractivity contribution is 0.0993. The van der Waals surface area contributed by atoms with Crippen molar-refractivity contribution in [2.24, 2.45) is 0 Å². The first-order valence-corrected chi connectivity index (χ1v) is 8.53. The van der Waals surface area contributed by atoms with Crippen molar-refractivity contribution in [2.75, 3.05) is 17.3 Å². The molecule has 1 aromatic heterocycles. The fourth-order valence-corrected chi connectivity index (χ4v) is 3.26. The number of rotatable bonds is 4. The number of ether oxygens (including phenoxy) is 1. The zero-order chi connectivity index (χ0) is 19.0. The fourth-order valence-electron chi connectivity index (χ4n) is 3.26. The third-order valence-corrected chi connectivity index (χ3v) is 4.64. The molecule has 3 aromatic rings. The van der Waals surface area contributed by atoms with Crippen LogP contribution in [0.15, 0.2) is 60.8 Å². The molecule has 1 amide bonds. The highest BCUT2D eigenvalue weighted by molar-refractivity contribution is 6.11. The average Bonchev–Trinajstić information content (AvgIpc) is 2.96. The summed E-state index contributed by atoms with van der Waals surface area (Å²) in [5.41, 5.74) is 3.40. The molecule has 5 nitrogen and oxygen atoms in total. The summed E-state index contributed by atoms with van der Waals surface area (Å²) in [6, 6.07) is 15.3. The number of halogens is 1. The number of carbonyl (C=O) groups is 1. The van der Waals surface area contributed by atoms with Gasteiger partial charge in [-0.15, -0.1) is 0 Å². The number of methoxy groups -OCH3 is 1. The van der Waals surface area contributed by atoms with Gasteiger partial charge in [0.1, 0.15) is 11.6 Å². The van der Waals surface area contributed by atoms with Gasteiger partial charge in [0.05, 0.1) is 18.4 Å². The predicted octanol–water partition coefficient (Wildman–Crippen LogP) is 4.31. The van der Waals surface area contributed by atoms with Gasteiger partial charge in [-0.2, -0.15) is 0 Å². The number of aromatic nitrogens is 1. The predicted molar refractivity (Wildman–Crippen MR) is 102 cm³/mol. The van der Waals surface area contributed by atoms with Gasteiger partial charge >= 0.3 is 0 Å². The van der Waals surface area contributed by atoms with E-state index in [0.29, 0.717) is 17.0 Å². The Hall–Kier alpha value is -3.41. The van der Waals surface area contributed by atoms with E-state index in [0.717, 1.165) is 16.9 Å². The molecule has 2 heterocycles. The van der Waals surface area contributed by atoms with E-state index < -0.39 is 6.17 Å². The minimum absolute atomic E-state index is 0.138. The Morgan fingerprint density at radius 3 is 2.63 bits per heavy atom. The summed E-state index contributed by atoms with van der Waals surface area (Å²) in [4.78, 5) is 19.1. The van der Waals surface area contributed by atoms with E-state index in [1.165, 1.54) is 12.1 Å². The van der Waals surface area contributed by atoms with Crippen molar-refractivity contribution in [3.8, 4) is 5.75 Å². The lowest BCUT2D eigenvalue weighted by Gasteiger charge is -2.27. The van der Waals surface area contributed by atoms with Gasteiger partial charge in [0.2, 0.25) is 0 Å². The molecule has 4 rings (SSSR count). The van der Waals surface area contributed by atoms with Gasteiger partial charge in [0.15, 0.2) is 6.17 Å². The van der Waals surface area contributed by atoms with Crippen LogP contribution in [0.2, 0.25) is 0 Å². The van der Waals surface area contributed by atoms with E-state index in [4.69, 9.17) is 4.74 Å². The number of hydrogen-bond acceptors (Lipinski definition) is 4. The van der Waals surface area contributed by atoms with E-state index in [2.05, 4.69) is 10.3 Å². The van der Waals surface area contributed by atoms with Crippen molar-refractivity contribution in [1.82, 2.24) is 4.98 Å². The molecule has 0 saturated heterocycles. The summed E-state index contributed by atoms with van der Waals surface area (Å²) in [6.07, 6.45) is 1.17. The molecule has 0 radical (unpaired) electrons. The molecule has 27 heavy (non-hydrogen) atoms. The molecule has 0 fully saturated rings. The maximum Gasteiger partial charge on any atom is 0.262 e. The number of aryl methyl sites for hydroxylation is 1. The average molecular weight is 363 g/mol. The van der Waals surface area contributed by atoms with Crippen LogP contribution < -0.4 is 15.0 Å². The molecule has 0 bridgehead atoms. The van der Waals surface area contributed by atoms with Gasteiger partial charge in [-0.05, 0) is 67.1 Å². The Labute approximate surface area is 156 Å². The van der Waals surface area contributed by atoms with Crippen LogP contribution in [-0.2, 0) is 0 Å². The topological polar surface area (TPSA) is 54.5 Å². The molecule has 1 aliphatic heterocycles. The summed E-state index contributed by atoms with van der Waals surface area (Å²) in [6.45, 7) is 1.82. The highest BCUT2D eigenvalue weighted by atomic mass is 19.1. The van der Waals surface area contributed by atoms with Gasteiger partial charge < -0.3 is 10.1 Å². The molecule has 6 heteroatoms. The zero-order valence-electron chi connectivity index (χ0n) is 14.9. The van der Waals surface area contributed by atoms with Crippen LogP contribution in [0.25, 0.3) is 0 Å². The molecule has 1 aliphatic rings. The number of fused-ring (bicyclic) bond motifs is 1. The number of hydrogen-bond donors (Lipinski definition) is 1. The minimum Gasteiger partial charge on any atom is -0.497 e. The third-order valence-electron chi connectivity index (χ3n) is 4.64. The number of nitrogens with one attached hydrogen (secondary N) is 1. The van der Waals surface area contributed by atoms with Crippen LogP contribution in [0, 0.1) is 12.7 Å². The SMILES string of the molecule is COc1ccc(N2C(=O)c3cccnc3[C@@H]2Nc2ccc(F)cc2C)cc1. The maximum atomic E-state index is 13.5. The first-order valence-electron chi connectivity index (χ1n) is 8.53. The molecular formula is C21H18FN3O2. The van der Waals surface area contributed by atoms with E-state index in [1.807, 2.05) is 19.1 Å². The normalized spacial score (nSPS) is 15.6. The largest absolute Gasteiger partial charge is 0.497 e. The molecular weight excluding hydrogens is 345 g/mol. The van der Waals surface area contributed by atoms with E-state index >= 15 is 0 Å². The monoisotopic (exact) mass is 363 g/mol. The van der Waals surface area contributed by atoms with Gasteiger partial charge in [-0.25, -0.2) is 4.39 Å². The van der Waals surface area contributed by atoms with E-state index in [-0.39, 0.29) is 11.7 Å². The summed E-state index contributed by atoms with van der Waals surface area (Å²) in [7, 11) is 1.59. The highest BCUT2D eigenvalue weighted by Crippen LogP contribution is 2.37. The van der Waals surface area contributed by atoms with Gasteiger partial charge in [0, 0.05) is 17.6 Å². The third kappa shape index (κ3) is 2.99. The molecule has 0 unspecified atom stereocenters. The standard InChI is InChI=1S/C21H18FN3O2/c1-13-12-14(22)5-10-18(13)24-20-19-17(4-3-11-23-19)21(26)25(20)15-6-8-16(27-2)9-7-15/h3-12,20,24H,1-2H3/t20-/m1/s1. The first-order chi connectivity index (χ1) is 13.1. The maximum absolute atomic E-state index is 13.5. The molecule has 2 aromatic carbocycles. The molecule has 1 atom stereocenters. The number of pyridine rings is 1. The highest BCUT2D eigenvalue weighted by Gasteiger charge is 2.39. The number of carbonyl (C=O) groups excluding carboxylic acids is 1. The Bertz CT molecular complexity index is 1000. The Balaban J connectivity index is 1.77. The summed E-state index contributed by atoms with van der Waals surface area (Å²) in [5.74, 6) is 0.270. The smallest absolute Gasteiger partial charge is 0.262 e. The number of anilines is 2. The van der Waals surface area contributed by atoms with Crippen molar-refractivity contribution in [3.05, 3.63) is 83.4 Å². The van der Waals surface area contributed by atoms with Crippen LogP contribution in [0.5, 0.6) is 5.75 Å². The number of amides is 1. The molecule has 0 aliphatic carbocycles. The number of benzene rings is 2. The molecule has 1 N–H and O–H groups in total. The van der Waals surface area contributed by atoms with Gasteiger partial charge in [-0.3, -0.25) is 14.7 Å².